The first-order valence-electron chi connectivity index (χ1n) is 15.8. The predicted molar refractivity (Wildman–Crippen MR) is 165 cm³/mol. The summed E-state index contributed by atoms with van der Waals surface area (Å²) in [4.78, 5) is 5.08. The van der Waals surface area contributed by atoms with Crippen LogP contribution in [0.4, 0.5) is 0 Å². The van der Waals surface area contributed by atoms with E-state index < -0.39 is 6.10 Å². The Hall–Kier alpha value is -2.80. The lowest BCUT2D eigenvalue weighted by atomic mass is 9.53. The summed E-state index contributed by atoms with van der Waals surface area (Å²) in [6.45, 7) is 12.4. The molecule has 0 saturated carbocycles. The summed E-state index contributed by atoms with van der Waals surface area (Å²) >= 11 is 0. The van der Waals surface area contributed by atoms with E-state index in [0.717, 1.165) is 38.9 Å². The van der Waals surface area contributed by atoms with Crippen molar-refractivity contribution in [1.82, 2.24) is 9.80 Å². The van der Waals surface area contributed by atoms with Crippen molar-refractivity contribution in [3.63, 3.8) is 0 Å². The molecule has 8 atom stereocenters. The van der Waals surface area contributed by atoms with Crippen LogP contribution >= 0.6 is 0 Å². The SMILES string of the molecule is CC(C)=CCN1CC[C@@]2(C)c3cc(O)ccc3C[C@@H]1[C@@H]2C.CN1CC[C@]23c4c5ccc(O)c4O[C@H]2[C@@H](O)C=C[C@H]3[C@H]1C5. The third-order valence-corrected chi connectivity index (χ3v) is 12.0. The molecule has 0 unspecified atom stereocenters. The number of fused-ring (bicyclic) bond motifs is 4. The van der Waals surface area contributed by atoms with Gasteiger partial charge in [0.2, 0.25) is 0 Å². The van der Waals surface area contributed by atoms with Gasteiger partial charge in [-0.15, -0.1) is 0 Å². The first-order valence-corrected chi connectivity index (χ1v) is 15.8. The number of rotatable bonds is 2. The number of aliphatic hydroxyl groups is 1. The van der Waals surface area contributed by atoms with Crippen molar-refractivity contribution in [2.75, 3.05) is 26.7 Å². The molecule has 3 N–H and O–H groups in total. The number of nitrogens with zero attached hydrogens (tertiary/aromatic N) is 2. The maximum atomic E-state index is 10.4. The van der Waals surface area contributed by atoms with Gasteiger partial charge in [0.05, 0.1) is 0 Å². The fourth-order valence-electron chi connectivity index (χ4n) is 9.46. The second-order valence-electron chi connectivity index (χ2n) is 14.3. The molecule has 4 bridgehead atoms. The van der Waals surface area contributed by atoms with Crippen molar-refractivity contribution >= 4 is 0 Å². The molecule has 3 aliphatic heterocycles. The minimum Gasteiger partial charge on any atom is -0.508 e. The number of allylic oxidation sites excluding steroid dienone is 1. The third-order valence-electron chi connectivity index (χ3n) is 12.0. The standard InChI is InChI=1S/C19H27NO.C17H19NO3/c1-13(2)7-9-20-10-8-19(4)14(3)18(20)11-15-5-6-16(21)12-17(15)19;1-18-7-6-17-10-3-5-13(20)16(17)21-15-12(19)4-2-9(14(15)17)8-11(10)18/h5-7,12,14,18,21H,8-11H2,1-4H3;2-5,10-11,13,16,19-20H,6-8H2,1H3/t14-,18+,19+;10-,11+,13-,16-,17-/m00/s1. The number of aliphatic hydroxyl groups excluding tert-OH is 1. The van der Waals surface area contributed by atoms with Gasteiger partial charge in [0.25, 0.3) is 0 Å². The first kappa shape index (κ1) is 28.0. The van der Waals surface area contributed by atoms with Crippen LogP contribution in [0, 0.1) is 11.8 Å². The highest BCUT2D eigenvalue weighted by Gasteiger charge is 2.64. The van der Waals surface area contributed by atoms with Crippen molar-refractivity contribution in [3.05, 3.63) is 76.4 Å². The highest BCUT2D eigenvalue weighted by atomic mass is 16.5. The van der Waals surface area contributed by atoms with Crippen LogP contribution < -0.4 is 4.74 Å². The van der Waals surface area contributed by atoms with E-state index in [1.807, 2.05) is 24.3 Å². The summed E-state index contributed by atoms with van der Waals surface area (Å²) in [5.74, 6) is 2.23. The van der Waals surface area contributed by atoms with Gasteiger partial charge in [0.1, 0.15) is 18.0 Å². The van der Waals surface area contributed by atoms with Crippen LogP contribution in [0.3, 0.4) is 0 Å². The number of phenolic OH excluding ortho intramolecular Hbond substituents is 2. The van der Waals surface area contributed by atoms with Gasteiger partial charge in [0, 0.05) is 35.5 Å². The second-order valence-corrected chi connectivity index (χ2v) is 14.3. The van der Waals surface area contributed by atoms with E-state index in [0.29, 0.717) is 35.4 Å². The molecule has 224 valence electrons. The average Bonchev–Trinajstić information content (AvgIpc) is 3.32. The van der Waals surface area contributed by atoms with Crippen LogP contribution in [0.2, 0.25) is 0 Å². The molecule has 2 saturated heterocycles. The quantitative estimate of drug-likeness (QED) is 0.438. The number of hydrogen-bond acceptors (Lipinski definition) is 6. The minimum absolute atomic E-state index is 0.160. The number of aromatic hydroxyl groups is 2. The predicted octanol–water partition coefficient (Wildman–Crippen LogP) is 5.08. The number of ether oxygens (including phenoxy) is 1. The monoisotopic (exact) mass is 570 g/mol. The van der Waals surface area contributed by atoms with E-state index in [4.69, 9.17) is 4.74 Å². The molecular formula is C36H46N2O4. The molecule has 6 heteroatoms. The van der Waals surface area contributed by atoms with Gasteiger partial charge in [-0.25, -0.2) is 0 Å². The van der Waals surface area contributed by atoms with Crippen LogP contribution in [0.5, 0.6) is 17.2 Å². The summed E-state index contributed by atoms with van der Waals surface area (Å²) < 4.78 is 6.09. The van der Waals surface area contributed by atoms with Crippen LogP contribution in [-0.2, 0) is 23.7 Å². The highest BCUT2D eigenvalue weighted by molar-refractivity contribution is 5.61. The maximum absolute atomic E-state index is 10.4. The Labute approximate surface area is 250 Å². The minimum atomic E-state index is -0.594. The maximum Gasteiger partial charge on any atom is 0.165 e. The van der Waals surface area contributed by atoms with Gasteiger partial charge in [-0.2, -0.15) is 0 Å². The molecule has 6 aliphatic rings. The second kappa shape index (κ2) is 9.87. The summed E-state index contributed by atoms with van der Waals surface area (Å²) in [6, 6.07) is 10.8. The fraction of sp³-hybridized carbons (Fsp3) is 0.556. The fourth-order valence-corrected chi connectivity index (χ4v) is 9.46. The number of piperidine rings is 2. The van der Waals surface area contributed by atoms with Crippen LogP contribution in [-0.4, -0.2) is 76.1 Å². The molecule has 0 aromatic heterocycles. The molecule has 3 heterocycles. The summed E-state index contributed by atoms with van der Waals surface area (Å²) in [5.41, 5.74) is 6.71. The molecule has 3 aliphatic carbocycles. The Morgan fingerprint density at radius 3 is 2.57 bits per heavy atom. The number of phenols is 2. The van der Waals surface area contributed by atoms with E-state index in [9.17, 15) is 15.3 Å². The zero-order chi connectivity index (χ0) is 29.6. The summed E-state index contributed by atoms with van der Waals surface area (Å²) in [5, 5.41) is 30.5. The zero-order valence-corrected chi connectivity index (χ0v) is 25.7. The topological polar surface area (TPSA) is 76.4 Å². The summed E-state index contributed by atoms with van der Waals surface area (Å²) in [6.07, 6.45) is 9.82. The molecule has 42 heavy (non-hydrogen) atoms. The van der Waals surface area contributed by atoms with Crippen molar-refractivity contribution in [2.24, 2.45) is 11.8 Å². The van der Waals surface area contributed by atoms with Crippen LogP contribution in [0.25, 0.3) is 0 Å². The van der Waals surface area contributed by atoms with E-state index >= 15 is 0 Å². The molecule has 2 aromatic rings. The van der Waals surface area contributed by atoms with E-state index in [-0.39, 0.29) is 22.7 Å². The molecule has 8 rings (SSSR count). The molecule has 0 amide bonds. The number of benzene rings is 2. The summed E-state index contributed by atoms with van der Waals surface area (Å²) in [7, 11) is 2.19. The Morgan fingerprint density at radius 2 is 1.79 bits per heavy atom. The smallest absolute Gasteiger partial charge is 0.165 e. The molecular weight excluding hydrogens is 524 g/mol. The lowest BCUT2D eigenvalue weighted by Crippen LogP contribution is -2.64. The lowest BCUT2D eigenvalue weighted by Gasteiger charge is -2.56. The Bertz CT molecular complexity index is 1460. The van der Waals surface area contributed by atoms with Crippen molar-refractivity contribution in [3.8, 4) is 17.2 Å². The molecule has 2 aromatic carbocycles. The van der Waals surface area contributed by atoms with Gasteiger partial charge in [0.15, 0.2) is 11.5 Å². The van der Waals surface area contributed by atoms with Crippen LogP contribution in [0.15, 0.2) is 54.1 Å². The molecule has 2 fully saturated rings. The normalized spacial score (nSPS) is 37.1. The average molecular weight is 571 g/mol. The van der Waals surface area contributed by atoms with Crippen LogP contribution in [0.1, 0.15) is 62.8 Å². The Kier molecular flexibility index (Phi) is 6.58. The Balaban J connectivity index is 0.000000137. The van der Waals surface area contributed by atoms with Gasteiger partial charge in [-0.1, -0.05) is 49.8 Å². The van der Waals surface area contributed by atoms with Crippen molar-refractivity contribution in [2.45, 2.75) is 88.5 Å². The largest absolute Gasteiger partial charge is 0.508 e. The number of likely N-dealkylation sites (N-methyl/N-ethyl adjacent to an activating group) is 1. The van der Waals surface area contributed by atoms with E-state index in [1.54, 1.807) is 6.07 Å². The van der Waals surface area contributed by atoms with E-state index in [2.05, 4.69) is 62.8 Å². The molecule has 1 spiro atoms. The molecule has 6 nitrogen and oxygen atoms in total. The van der Waals surface area contributed by atoms with E-state index in [1.165, 1.54) is 34.2 Å². The van der Waals surface area contributed by atoms with Gasteiger partial charge in [-0.3, -0.25) is 4.90 Å². The van der Waals surface area contributed by atoms with Gasteiger partial charge >= 0.3 is 0 Å². The third kappa shape index (κ3) is 3.94. The first-order chi connectivity index (χ1) is 20.0. The zero-order valence-electron chi connectivity index (χ0n) is 25.7. The number of likely N-dealkylation sites (tertiary alicyclic amines) is 2. The molecule has 0 radical (unpaired) electrons. The lowest BCUT2D eigenvalue weighted by molar-refractivity contribution is -0.0453. The Morgan fingerprint density at radius 1 is 1.02 bits per heavy atom. The highest BCUT2D eigenvalue weighted by Crippen LogP contribution is 2.62. The van der Waals surface area contributed by atoms with Gasteiger partial charge < -0.3 is 25.0 Å². The van der Waals surface area contributed by atoms with Gasteiger partial charge in [-0.05, 0) is 106 Å². The number of hydrogen-bond donors (Lipinski definition) is 3. The van der Waals surface area contributed by atoms with Crippen molar-refractivity contribution in [1.29, 1.82) is 0 Å². The van der Waals surface area contributed by atoms with Crippen molar-refractivity contribution < 1.29 is 20.1 Å².